The molecule has 0 amide bonds. The Balaban J connectivity index is 4.33. The fourth-order valence-electron chi connectivity index (χ4n) is 1.18. The Hall–Kier alpha value is -2.28. The highest BCUT2D eigenvalue weighted by atomic mass is 35.5. The van der Waals surface area contributed by atoms with Crippen LogP contribution >= 0.6 is 11.6 Å². The van der Waals surface area contributed by atoms with Crippen molar-refractivity contribution >= 4 is 40.7 Å². The Labute approximate surface area is 171 Å². The van der Waals surface area contributed by atoms with Crippen molar-refractivity contribution in [2.45, 2.75) is 65.1 Å². The quantitative estimate of drug-likeness (QED) is 0.178. The first-order chi connectivity index (χ1) is 13.4. The number of carbonyl (C=O) groups excluding carboxylic acids is 5. The molecular formula is C16H23ClO12. The van der Waals surface area contributed by atoms with E-state index in [0.717, 1.165) is 6.92 Å². The van der Waals surface area contributed by atoms with Gasteiger partial charge in [0, 0.05) is 7.11 Å². The van der Waals surface area contributed by atoms with Gasteiger partial charge < -0.3 is 14.2 Å². The van der Waals surface area contributed by atoms with E-state index in [-0.39, 0.29) is 0 Å². The topological polar surface area (TPSA) is 150 Å². The van der Waals surface area contributed by atoms with Gasteiger partial charge in [-0.1, -0.05) is 0 Å². The van der Waals surface area contributed by atoms with Crippen LogP contribution in [-0.4, -0.2) is 66.7 Å². The van der Waals surface area contributed by atoms with Gasteiger partial charge in [0.2, 0.25) is 6.10 Å². The number of halogens is 1. The molecule has 0 N–H and O–H groups in total. The van der Waals surface area contributed by atoms with E-state index in [0.29, 0.717) is 0 Å². The lowest BCUT2D eigenvalue weighted by Gasteiger charge is -2.16. The number of carbonyl (C=O) groups is 5. The highest BCUT2D eigenvalue weighted by molar-refractivity contribution is 6.64. The molecule has 0 rings (SSSR count). The highest BCUT2D eigenvalue weighted by Crippen LogP contribution is 2.06. The molecule has 12 nitrogen and oxygen atoms in total. The lowest BCUT2D eigenvalue weighted by molar-refractivity contribution is -0.328. The van der Waals surface area contributed by atoms with Gasteiger partial charge in [0.1, 0.15) is 0 Å². The average Bonchev–Trinajstić information content (AvgIpc) is 2.68. The van der Waals surface area contributed by atoms with Crippen molar-refractivity contribution in [1.29, 1.82) is 0 Å². The van der Waals surface area contributed by atoms with Gasteiger partial charge in [-0.3, -0.25) is 14.6 Å². The summed E-state index contributed by atoms with van der Waals surface area (Å²) in [4.78, 5) is 75.1. The maximum atomic E-state index is 11.7. The van der Waals surface area contributed by atoms with Gasteiger partial charge >= 0.3 is 23.9 Å². The second kappa shape index (κ2) is 13.0. The normalized spacial score (nSPS) is 15.8. The summed E-state index contributed by atoms with van der Waals surface area (Å²) in [6, 6.07) is 0. The Morgan fingerprint density at radius 2 is 0.966 bits per heavy atom. The molecule has 0 aliphatic heterocycles. The summed E-state index contributed by atoms with van der Waals surface area (Å²) in [5.41, 5.74) is 0. The van der Waals surface area contributed by atoms with Crippen LogP contribution in [0, 0.1) is 0 Å². The molecule has 0 fully saturated rings. The van der Waals surface area contributed by atoms with E-state index in [9.17, 15) is 24.0 Å². The van der Waals surface area contributed by atoms with Crippen LogP contribution in [0.5, 0.6) is 0 Å². The molecule has 0 saturated carbocycles. The maximum Gasteiger partial charge on any atom is 0.382 e. The summed E-state index contributed by atoms with van der Waals surface area (Å²) in [5, 5.41) is -0.900. The molecule has 0 bridgehead atoms. The van der Waals surface area contributed by atoms with Gasteiger partial charge in [0.05, 0.1) is 0 Å². The summed E-state index contributed by atoms with van der Waals surface area (Å²) in [6.07, 6.45) is -6.27. The second-order valence-corrected chi connectivity index (χ2v) is 5.99. The molecule has 0 aliphatic carbocycles. The van der Waals surface area contributed by atoms with Crippen LogP contribution in [0.1, 0.15) is 34.6 Å². The van der Waals surface area contributed by atoms with Crippen molar-refractivity contribution in [3.05, 3.63) is 0 Å². The number of methoxy groups -OCH3 is 1. The lowest BCUT2D eigenvalue weighted by atomic mass is 10.4. The van der Waals surface area contributed by atoms with E-state index in [1.807, 2.05) is 0 Å². The zero-order valence-corrected chi connectivity index (χ0v) is 17.4. The van der Waals surface area contributed by atoms with Crippen molar-refractivity contribution in [3.8, 4) is 0 Å². The van der Waals surface area contributed by atoms with Crippen LogP contribution in [0.3, 0.4) is 0 Å². The maximum absolute atomic E-state index is 11.7. The zero-order valence-electron chi connectivity index (χ0n) is 16.7. The monoisotopic (exact) mass is 442 g/mol. The Morgan fingerprint density at radius 3 is 1.41 bits per heavy atom. The van der Waals surface area contributed by atoms with E-state index in [1.54, 1.807) is 0 Å². The van der Waals surface area contributed by atoms with Gasteiger partial charge in [0.15, 0.2) is 24.4 Å². The molecule has 0 aromatic heterocycles. The fourth-order valence-corrected chi connectivity index (χ4v) is 1.23. The molecule has 5 unspecified atom stereocenters. The SMILES string of the molecule is COC(C)C(=O)OC(C)C(=O)OOC(C)C(=O)OOC(C)C(=O)OC(C)C(=O)Cl. The minimum Gasteiger partial charge on any atom is -0.451 e. The first-order valence-electron chi connectivity index (χ1n) is 8.28. The van der Waals surface area contributed by atoms with Crippen molar-refractivity contribution in [1.82, 2.24) is 0 Å². The largest absolute Gasteiger partial charge is 0.451 e. The van der Waals surface area contributed by atoms with Crippen LogP contribution < -0.4 is 0 Å². The molecule has 29 heavy (non-hydrogen) atoms. The van der Waals surface area contributed by atoms with Crippen molar-refractivity contribution in [2.24, 2.45) is 0 Å². The fraction of sp³-hybridized carbons (Fsp3) is 0.688. The van der Waals surface area contributed by atoms with E-state index in [2.05, 4.69) is 24.3 Å². The minimum atomic E-state index is -1.45. The number of ether oxygens (including phenoxy) is 3. The Morgan fingerprint density at radius 1 is 0.586 bits per heavy atom. The van der Waals surface area contributed by atoms with E-state index in [1.165, 1.54) is 34.8 Å². The molecule has 13 heteroatoms. The summed E-state index contributed by atoms with van der Waals surface area (Å²) < 4.78 is 14.1. The van der Waals surface area contributed by atoms with Gasteiger partial charge in [-0.2, -0.15) is 9.78 Å². The van der Waals surface area contributed by atoms with Gasteiger partial charge in [-0.25, -0.2) is 19.2 Å². The van der Waals surface area contributed by atoms with Crippen LogP contribution in [0.25, 0.3) is 0 Å². The standard InChI is InChI=1S/C16H23ClO12/c1-7(12(17)18)24-14(20)10(4)26-29-16(22)11(5)27-28-15(21)9(3)25-13(19)8(2)23-6/h7-11H,1-6H3. The predicted molar refractivity (Wildman–Crippen MR) is 91.7 cm³/mol. The minimum absolute atomic E-state index is 0.802. The first kappa shape index (κ1) is 26.7. The molecule has 0 aromatic rings. The number of hydrogen-bond donors (Lipinski definition) is 0. The third kappa shape index (κ3) is 10.2. The van der Waals surface area contributed by atoms with Gasteiger partial charge in [0.25, 0.3) is 5.24 Å². The molecule has 0 aromatic carbocycles. The zero-order chi connectivity index (χ0) is 22.7. The van der Waals surface area contributed by atoms with Crippen LogP contribution in [0.2, 0.25) is 0 Å². The summed E-state index contributed by atoms with van der Waals surface area (Å²) in [6.45, 7) is 6.21. The van der Waals surface area contributed by atoms with E-state index in [4.69, 9.17) is 21.1 Å². The predicted octanol–water partition coefficient (Wildman–Crippen LogP) is 0.377. The summed E-state index contributed by atoms with van der Waals surface area (Å²) in [7, 11) is 1.28. The summed E-state index contributed by atoms with van der Waals surface area (Å²) >= 11 is 5.15. The van der Waals surface area contributed by atoms with Crippen LogP contribution in [0.4, 0.5) is 0 Å². The second-order valence-electron chi connectivity index (χ2n) is 5.62. The number of rotatable bonds is 12. The third-order valence-corrected chi connectivity index (χ3v) is 3.44. The molecule has 0 aliphatic rings. The van der Waals surface area contributed by atoms with Crippen molar-refractivity contribution in [3.63, 3.8) is 0 Å². The number of hydrogen-bond acceptors (Lipinski definition) is 12. The summed E-state index contributed by atoms with van der Waals surface area (Å²) in [5.74, 6) is -4.07. The number of esters is 2. The molecule has 0 radical (unpaired) electrons. The van der Waals surface area contributed by atoms with Gasteiger partial charge in [-0.05, 0) is 46.2 Å². The molecule has 166 valence electrons. The molecule has 0 heterocycles. The Kier molecular flexibility index (Phi) is 12.0. The molecule has 0 spiro atoms. The van der Waals surface area contributed by atoms with Crippen LogP contribution in [-0.2, 0) is 57.7 Å². The molecule has 0 saturated heterocycles. The smallest absolute Gasteiger partial charge is 0.382 e. The lowest BCUT2D eigenvalue weighted by Crippen LogP contribution is -2.34. The van der Waals surface area contributed by atoms with Crippen molar-refractivity contribution < 1.29 is 57.7 Å². The highest BCUT2D eigenvalue weighted by Gasteiger charge is 2.28. The van der Waals surface area contributed by atoms with Gasteiger partial charge in [-0.15, -0.1) is 0 Å². The average molecular weight is 443 g/mol. The van der Waals surface area contributed by atoms with Crippen LogP contribution in [0.15, 0.2) is 0 Å². The third-order valence-electron chi connectivity index (χ3n) is 3.14. The molecule has 5 atom stereocenters. The van der Waals surface area contributed by atoms with Crippen molar-refractivity contribution in [2.75, 3.05) is 7.11 Å². The van der Waals surface area contributed by atoms with E-state index >= 15 is 0 Å². The first-order valence-corrected chi connectivity index (χ1v) is 8.65. The molecular weight excluding hydrogens is 420 g/mol. The Bertz CT molecular complexity index is 607. The van der Waals surface area contributed by atoms with E-state index < -0.39 is 59.6 Å².